The van der Waals surface area contributed by atoms with Crippen LogP contribution in [0.2, 0.25) is 0 Å². The van der Waals surface area contributed by atoms with Gasteiger partial charge in [0.05, 0.1) is 0 Å². The molecule has 2 aliphatic rings. The quantitative estimate of drug-likeness (QED) is 0.767. The Morgan fingerprint density at radius 1 is 1.05 bits per heavy atom. The minimum atomic E-state index is 0.255. The molecule has 2 N–H and O–H groups in total. The summed E-state index contributed by atoms with van der Waals surface area (Å²) in [5.74, 6) is 3.20. The molecule has 1 nitrogen and oxygen atoms in total. The van der Waals surface area contributed by atoms with Crippen molar-refractivity contribution in [3.05, 3.63) is 22.8 Å². The molecule has 1 saturated carbocycles. The summed E-state index contributed by atoms with van der Waals surface area (Å²) in [6.07, 6.45) is 7.93. The Labute approximate surface area is 119 Å². The van der Waals surface area contributed by atoms with E-state index in [4.69, 9.17) is 5.73 Å². The Kier molecular flexibility index (Phi) is 4.55. The van der Waals surface area contributed by atoms with Gasteiger partial charge in [0, 0.05) is 12.0 Å². The third-order valence-electron chi connectivity index (χ3n) is 5.75. The van der Waals surface area contributed by atoms with Gasteiger partial charge in [0.1, 0.15) is 0 Å². The van der Waals surface area contributed by atoms with Gasteiger partial charge in [-0.1, -0.05) is 36.6 Å². The summed E-state index contributed by atoms with van der Waals surface area (Å²) in [5.41, 5.74) is 10.8. The zero-order valence-corrected chi connectivity index (χ0v) is 13.4. The molecule has 0 aromatic carbocycles. The molecule has 0 spiro atoms. The SMILES string of the molecule is CC1=CC(C)=C(C)C(N)C1C1CCC(C(C)C)CC1. The predicted molar refractivity (Wildman–Crippen MR) is 83.9 cm³/mol. The minimum Gasteiger partial charge on any atom is -0.324 e. The highest BCUT2D eigenvalue weighted by atomic mass is 14.7. The van der Waals surface area contributed by atoms with Crippen molar-refractivity contribution in [2.45, 2.75) is 66.3 Å². The summed E-state index contributed by atoms with van der Waals surface area (Å²) in [4.78, 5) is 0. The third-order valence-corrected chi connectivity index (χ3v) is 5.75. The van der Waals surface area contributed by atoms with Gasteiger partial charge in [-0.2, -0.15) is 0 Å². The van der Waals surface area contributed by atoms with E-state index >= 15 is 0 Å². The molecule has 0 radical (unpaired) electrons. The lowest BCUT2D eigenvalue weighted by molar-refractivity contribution is 0.179. The van der Waals surface area contributed by atoms with E-state index in [9.17, 15) is 0 Å². The molecule has 0 heterocycles. The molecule has 2 rings (SSSR count). The molecule has 0 aromatic rings. The van der Waals surface area contributed by atoms with Crippen molar-refractivity contribution in [1.29, 1.82) is 0 Å². The van der Waals surface area contributed by atoms with Gasteiger partial charge in [0.2, 0.25) is 0 Å². The second kappa shape index (κ2) is 5.83. The van der Waals surface area contributed by atoms with Crippen LogP contribution in [0.15, 0.2) is 22.8 Å². The average molecular weight is 261 g/mol. The first-order valence-electron chi connectivity index (χ1n) is 8.03. The second-order valence-electron chi connectivity index (χ2n) is 7.22. The number of nitrogens with two attached hydrogens (primary N) is 1. The van der Waals surface area contributed by atoms with Gasteiger partial charge in [-0.15, -0.1) is 0 Å². The number of allylic oxidation sites excluding steroid dienone is 2. The Balaban J connectivity index is 2.06. The normalized spacial score (nSPS) is 36.7. The summed E-state index contributed by atoms with van der Waals surface area (Å²) in [5, 5.41) is 0. The van der Waals surface area contributed by atoms with Gasteiger partial charge in [-0.05, 0) is 64.2 Å². The smallest absolute Gasteiger partial charge is 0.0325 e. The monoisotopic (exact) mass is 261 g/mol. The number of rotatable bonds is 2. The Bertz CT molecular complexity index is 380. The van der Waals surface area contributed by atoms with Gasteiger partial charge in [0.25, 0.3) is 0 Å². The van der Waals surface area contributed by atoms with Crippen LogP contribution in [-0.4, -0.2) is 6.04 Å². The van der Waals surface area contributed by atoms with Gasteiger partial charge in [0.15, 0.2) is 0 Å². The summed E-state index contributed by atoms with van der Waals surface area (Å²) >= 11 is 0. The van der Waals surface area contributed by atoms with Crippen LogP contribution in [0, 0.1) is 23.7 Å². The maximum atomic E-state index is 6.53. The standard InChI is InChI=1S/C18H31N/c1-11(2)15-6-8-16(9-7-15)17-13(4)10-12(3)14(5)18(17)19/h10-11,15-18H,6-9,19H2,1-5H3. The average Bonchev–Trinajstić information content (AvgIpc) is 2.37. The maximum Gasteiger partial charge on any atom is 0.0325 e. The molecular weight excluding hydrogens is 230 g/mol. The largest absolute Gasteiger partial charge is 0.324 e. The van der Waals surface area contributed by atoms with E-state index in [1.54, 1.807) is 0 Å². The van der Waals surface area contributed by atoms with E-state index < -0.39 is 0 Å². The molecule has 0 aromatic heterocycles. The molecule has 0 saturated heterocycles. The van der Waals surface area contributed by atoms with Crippen LogP contribution < -0.4 is 5.73 Å². The van der Waals surface area contributed by atoms with E-state index in [-0.39, 0.29) is 6.04 Å². The molecule has 0 bridgehead atoms. The first-order chi connectivity index (χ1) is 8.91. The number of hydrogen-bond donors (Lipinski definition) is 1. The van der Waals surface area contributed by atoms with Crippen molar-refractivity contribution in [2.24, 2.45) is 29.4 Å². The van der Waals surface area contributed by atoms with Crippen molar-refractivity contribution in [3.8, 4) is 0 Å². The molecule has 108 valence electrons. The zero-order valence-electron chi connectivity index (χ0n) is 13.4. The van der Waals surface area contributed by atoms with Crippen molar-refractivity contribution in [1.82, 2.24) is 0 Å². The predicted octanol–water partition coefficient (Wildman–Crippen LogP) is 4.69. The fourth-order valence-electron chi connectivity index (χ4n) is 4.20. The minimum absolute atomic E-state index is 0.255. The lowest BCUT2D eigenvalue weighted by atomic mass is 9.66. The highest BCUT2D eigenvalue weighted by Gasteiger charge is 2.35. The molecule has 1 heteroatoms. The lowest BCUT2D eigenvalue weighted by Gasteiger charge is -2.40. The highest BCUT2D eigenvalue weighted by Crippen LogP contribution is 2.42. The van der Waals surface area contributed by atoms with Crippen LogP contribution in [0.5, 0.6) is 0 Å². The Morgan fingerprint density at radius 3 is 2.16 bits per heavy atom. The van der Waals surface area contributed by atoms with Crippen LogP contribution in [0.3, 0.4) is 0 Å². The van der Waals surface area contributed by atoms with E-state index in [2.05, 4.69) is 40.7 Å². The molecule has 0 aliphatic heterocycles. The lowest BCUT2D eigenvalue weighted by Crippen LogP contribution is -2.40. The van der Waals surface area contributed by atoms with Crippen molar-refractivity contribution in [2.75, 3.05) is 0 Å². The van der Waals surface area contributed by atoms with Crippen LogP contribution in [0.4, 0.5) is 0 Å². The Hall–Kier alpha value is -0.560. The van der Waals surface area contributed by atoms with Crippen LogP contribution in [-0.2, 0) is 0 Å². The van der Waals surface area contributed by atoms with E-state index in [0.717, 1.165) is 17.8 Å². The third kappa shape index (κ3) is 2.97. The fraction of sp³-hybridized carbons (Fsp3) is 0.778. The first kappa shape index (κ1) is 14.8. The van der Waals surface area contributed by atoms with E-state index in [1.807, 2.05) is 0 Å². The van der Waals surface area contributed by atoms with Crippen LogP contribution >= 0.6 is 0 Å². The molecular formula is C18H31N. The van der Waals surface area contributed by atoms with Crippen molar-refractivity contribution in [3.63, 3.8) is 0 Å². The highest BCUT2D eigenvalue weighted by molar-refractivity contribution is 5.36. The Morgan fingerprint density at radius 2 is 1.63 bits per heavy atom. The van der Waals surface area contributed by atoms with E-state index in [1.165, 1.54) is 42.4 Å². The maximum absolute atomic E-state index is 6.53. The first-order valence-corrected chi connectivity index (χ1v) is 8.03. The van der Waals surface area contributed by atoms with Gasteiger partial charge < -0.3 is 5.73 Å². The second-order valence-corrected chi connectivity index (χ2v) is 7.22. The summed E-state index contributed by atoms with van der Waals surface area (Å²) in [7, 11) is 0. The molecule has 2 unspecified atom stereocenters. The topological polar surface area (TPSA) is 26.0 Å². The molecule has 0 amide bonds. The number of hydrogen-bond acceptors (Lipinski definition) is 1. The van der Waals surface area contributed by atoms with Gasteiger partial charge in [-0.3, -0.25) is 0 Å². The van der Waals surface area contributed by atoms with Crippen LogP contribution in [0.25, 0.3) is 0 Å². The van der Waals surface area contributed by atoms with E-state index in [0.29, 0.717) is 5.92 Å². The van der Waals surface area contributed by atoms with Gasteiger partial charge >= 0.3 is 0 Å². The molecule has 19 heavy (non-hydrogen) atoms. The van der Waals surface area contributed by atoms with Crippen LogP contribution in [0.1, 0.15) is 60.3 Å². The fourth-order valence-corrected chi connectivity index (χ4v) is 4.20. The molecule has 1 fully saturated rings. The summed E-state index contributed by atoms with van der Waals surface area (Å²) in [6.45, 7) is 11.5. The molecule has 2 atom stereocenters. The van der Waals surface area contributed by atoms with Crippen molar-refractivity contribution < 1.29 is 0 Å². The van der Waals surface area contributed by atoms with Crippen molar-refractivity contribution >= 4 is 0 Å². The zero-order chi connectivity index (χ0) is 14.2. The molecule has 2 aliphatic carbocycles. The van der Waals surface area contributed by atoms with Gasteiger partial charge in [-0.25, -0.2) is 0 Å². The summed E-state index contributed by atoms with van der Waals surface area (Å²) in [6, 6.07) is 0.255. The summed E-state index contributed by atoms with van der Waals surface area (Å²) < 4.78 is 0.